The van der Waals surface area contributed by atoms with E-state index in [4.69, 9.17) is 5.73 Å². The fourth-order valence-corrected chi connectivity index (χ4v) is 7.90. The molecule has 0 radical (unpaired) electrons. The van der Waals surface area contributed by atoms with Gasteiger partial charge in [-0.05, 0) is 93.4 Å². The van der Waals surface area contributed by atoms with E-state index in [2.05, 4.69) is 38.1 Å². The highest BCUT2D eigenvalue weighted by molar-refractivity contribution is 6.35. The number of carboxylic acid groups (broad SMARTS) is 1. The topological polar surface area (TPSA) is 194 Å². The van der Waals surface area contributed by atoms with Crippen molar-refractivity contribution in [1.29, 1.82) is 0 Å². The number of nitrogens with zero attached hydrogens (tertiary/aromatic N) is 4. The zero-order valence-electron chi connectivity index (χ0n) is 32.2. The molecule has 7 rings (SSSR count). The van der Waals surface area contributed by atoms with Crippen molar-refractivity contribution in [2.45, 2.75) is 39.4 Å². The standard InChI is InChI=1S/C42H47N9O6/c1-25-35(51(26(2)36(25)41(55)56)40(37(43)52)50-15-4-5-16-50)23-33-32-14-13-31(22-34(32)47-39(33)54)46-42(57)45-30-8-6-7-29(21-30)44-38(53)28-11-9-27(10-12-28)24-49-19-17-48(3)18-20-49/h6-14,21-23,40H,4-5,15-20,24H2,1-3H3,(H2,43,52)(H,44,53)(H,47,54)(H,55,56)(H2,45,46,57). The maximum Gasteiger partial charge on any atom is 0.337 e. The van der Waals surface area contributed by atoms with Crippen LogP contribution in [-0.2, 0) is 16.1 Å². The molecule has 7 N–H and O–H groups in total. The van der Waals surface area contributed by atoms with Gasteiger partial charge < -0.3 is 41.6 Å². The van der Waals surface area contributed by atoms with E-state index in [1.807, 2.05) is 29.2 Å². The van der Waals surface area contributed by atoms with Crippen molar-refractivity contribution in [1.82, 2.24) is 19.3 Å². The number of carbonyl (C=O) groups is 5. The van der Waals surface area contributed by atoms with E-state index in [1.54, 1.807) is 67.0 Å². The zero-order chi connectivity index (χ0) is 40.4. The van der Waals surface area contributed by atoms with Gasteiger partial charge in [0.25, 0.3) is 17.7 Å². The lowest BCUT2D eigenvalue weighted by Gasteiger charge is -2.32. The van der Waals surface area contributed by atoms with E-state index in [1.165, 1.54) is 0 Å². The zero-order valence-corrected chi connectivity index (χ0v) is 32.2. The summed E-state index contributed by atoms with van der Waals surface area (Å²) in [4.78, 5) is 71.3. The summed E-state index contributed by atoms with van der Waals surface area (Å²) >= 11 is 0. The molecule has 3 aromatic carbocycles. The minimum atomic E-state index is -1.15. The Morgan fingerprint density at radius 3 is 2.16 bits per heavy atom. The Morgan fingerprint density at radius 2 is 1.51 bits per heavy atom. The first-order valence-electron chi connectivity index (χ1n) is 19.0. The van der Waals surface area contributed by atoms with Crippen LogP contribution in [-0.4, -0.2) is 100 Å². The molecular weight excluding hydrogens is 727 g/mol. The number of rotatable bonds is 11. The molecule has 4 heterocycles. The molecule has 1 atom stereocenters. The van der Waals surface area contributed by atoms with Gasteiger partial charge in [-0.25, -0.2) is 9.59 Å². The number of piperazine rings is 1. The van der Waals surface area contributed by atoms with Gasteiger partial charge in [-0.1, -0.05) is 24.3 Å². The molecule has 0 bridgehead atoms. The summed E-state index contributed by atoms with van der Waals surface area (Å²) in [6.07, 6.45) is 2.44. The first-order chi connectivity index (χ1) is 27.4. The Hall–Kier alpha value is -6.29. The molecule has 1 aromatic heterocycles. The van der Waals surface area contributed by atoms with Crippen LogP contribution in [0.4, 0.5) is 27.5 Å². The quantitative estimate of drug-likeness (QED) is 0.114. The van der Waals surface area contributed by atoms with Crippen molar-refractivity contribution in [2.24, 2.45) is 5.73 Å². The monoisotopic (exact) mass is 773 g/mol. The lowest BCUT2D eigenvalue weighted by molar-refractivity contribution is -0.126. The number of fused-ring (bicyclic) bond motifs is 1. The average molecular weight is 774 g/mol. The molecule has 1 unspecified atom stereocenters. The SMILES string of the molecule is Cc1c(C(=O)O)c(C)n(C(C(N)=O)N2CCCC2)c1C=C1C(=O)Nc2cc(NC(=O)Nc3cccc(NC(=O)c4ccc(CN5CCN(C)CC5)cc4)c3)ccc21. The van der Waals surface area contributed by atoms with Gasteiger partial charge in [0.1, 0.15) is 0 Å². The van der Waals surface area contributed by atoms with Gasteiger partial charge >= 0.3 is 12.0 Å². The molecule has 5 amide bonds. The normalized spacial score (nSPS) is 17.2. The van der Waals surface area contributed by atoms with Crippen molar-refractivity contribution in [2.75, 3.05) is 67.6 Å². The molecule has 0 aliphatic carbocycles. The lowest BCUT2D eigenvalue weighted by Crippen LogP contribution is -2.43. The third kappa shape index (κ3) is 8.45. The molecule has 57 heavy (non-hydrogen) atoms. The predicted octanol–water partition coefficient (Wildman–Crippen LogP) is 5.02. The Labute approximate surface area is 330 Å². The number of aromatic nitrogens is 1. The Morgan fingerprint density at radius 1 is 0.860 bits per heavy atom. The number of benzene rings is 3. The van der Waals surface area contributed by atoms with Crippen LogP contribution >= 0.6 is 0 Å². The lowest BCUT2D eigenvalue weighted by atomic mass is 10.0. The number of likely N-dealkylation sites (N-methyl/N-ethyl adjacent to an activating group) is 1. The van der Waals surface area contributed by atoms with Crippen molar-refractivity contribution >= 4 is 64.1 Å². The maximum absolute atomic E-state index is 13.4. The number of hydrogen-bond acceptors (Lipinski definition) is 8. The molecule has 2 fully saturated rings. The van der Waals surface area contributed by atoms with Crippen LogP contribution in [0.1, 0.15) is 67.8 Å². The van der Waals surface area contributed by atoms with Crippen LogP contribution < -0.4 is 27.0 Å². The maximum atomic E-state index is 13.4. The summed E-state index contributed by atoms with van der Waals surface area (Å²) < 4.78 is 1.62. The van der Waals surface area contributed by atoms with Crippen LogP contribution in [0.3, 0.4) is 0 Å². The summed E-state index contributed by atoms with van der Waals surface area (Å²) in [7, 11) is 2.13. The van der Waals surface area contributed by atoms with Gasteiger partial charge in [0, 0.05) is 85.4 Å². The number of carbonyl (C=O) groups excluding carboxylic acids is 4. The Kier molecular flexibility index (Phi) is 11.2. The number of aromatic carboxylic acids is 1. The largest absolute Gasteiger partial charge is 0.478 e. The molecule has 0 spiro atoms. The third-order valence-corrected chi connectivity index (χ3v) is 10.9. The number of carboxylic acids is 1. The second-order valence-electron chi connectivity index (χ2n) is 14.8. The first-order valence-corrected chi connectivity index (χ1v) is 19.0. The Balaban J connectivity index is 1.02. The number of nitrogens with one attached hydrogen (secondary N) is 4. The first kappa shape index (κ1) is 39.0. The van der Waals surface area contributed by atoms with Crippen LogP contribution in [0.25, 0.3) is 11.6 Å². The van der Waals surface area contributed by atoms with Crippen LogP contribution in [0, 0.1) is 13.8 Å². The number of urea groups is 1. The van der Waals surface area contributed by atoms with Crippen LogP contribution in [0.15, 0.2) is 66.7 Å². The van der Waals surface area contributed by atoms with E-state index in [-0.39, 0.29) is 17.0 Å². The number of hydrogen-bond donors (Lipinski definition) is 6. The number of nitrogens with two attached hydrogens (primary N) is 1. The van der Waals surface area contributed by atoms with Gasteiger partial charge in [0.05, 0.1) is 16.8 Å². The fraction of sp³-hybridized carbons (Fsp3) is 0.310. The molecule has 2 saturated heterocycles. The van der Waals surface area contributed by atoms with Crippen molar-refractivity contribution in [3.05, 3.63) is 106 Å². The van der Waals surface area contributed by atoms with Crippen molar-refractivity contribution in [3.8, 4) is 0 Å². The molecular formula is C42H47N9O6. The third-order valence-electron chi connectivity index (χ3n) is 10.9. The average Bonchev–Trinajstić information content (AvgIpc) is 3.86. The fourth-order valence-electron chi connectivity index (χ4n) is 7.90. The minimum Gasteiger partial charge on any atom is -0.478 e. The molecule has 0 saturated carbocycles. The van der Waals surface area contributed by atoms with E-state index < -0.39 is 30.0 Å². The summed E-state index contributed by atoms with van der Waals surface area (Å²) in [5.74, 6) is -2.46. The summed E-state index contributed by atoms with van der Waals surface area (Å²) in [5, 5.41) is 21.4. The minimum absolute atomic E-state index is 0.0475. The van der Waals surface area contributed by atoms with Crippen LogP contribution in [0.5, 0.6) is 0 Å². The summed E-state index contributed by atoms with van der Waals surface area (Å²) in [5.41, 5.74) is 11.4. The molecule has 15 nitrogen and oxygen atoms in total. The van der Waals surface area contributed by atoms with E-state index in [0.717, 1.165) is 51.1 Å². The second-order valence-corrected chi connectivity index (χ2v) is 14.8. The van der Waals surface area contributed by atoms with Gasteiger partial charge in [-0.15, -0.1) is 0 Å². The summed E-state index contributed by atoms with van der Waals surface area (Å²) in [6.45, 7) is 9.50. The Bertz CT molecular complexity index is 2270. The molecule has 4 aromatic rings. The van der Waals surface area contributed by atoms with E-state index in [9.17, 15) is 29.1 Å². The van der Waals surface area contributed by atoms with E-state index >= 15 is 0 Å². The smallest absolute Gasteiger partial charge is 0.337 e. The number of likely N-dealkylation sites (tertiary alicyclic amines) is 1. The van der Waals surface area contributed by atoms with Gasteiger partial charge in [-0.3, -0.25) is 24.2 Å². The molecule has 3 aliphatic rings. The predicted molar refractivity (Wildman–Crippen MR) is 219 cm³/mol. The second kappa shape index (κ2) is 16.4. The van der Waals surface area contributed by atoms with Crippen molar-refractivity contribution < 1.29 is 29.1 Å². The molecule has 296 valence electrons. The number of anilines is 4. The highest BCUT2D eigenvalue weighted by Gasteiger charge is 2.35. The highest BCUT2D eigenvalue weighted by atomic mass is 16.4. The van der Waals surface area contributed by atoms with E-state index in [0.29, 0.717) is 63.9 Å². The van der Waals surface area contributed by atoms with Gasteiger partial charge in [0.15, 0.2) is 6.17 Å². The summed E-state index contributed by atoms with van der Waals surface area (Å²) in [6, 6.07) is 18.8. The van der Waals surface area contributed by atoms with Crippen molar-refractivity contribution in [3.63, 3.8) is 0 Å². The number of amides is 5. The van der Waals surface area contributed by atoms with Gasteiger partial charge in [-0.2, -0.15) is 0 Å². The van der Waals surface area contributed by atoms with Crippen LogP contribution in [0.2, 0.25) is 0 Å². The highest BCUT2D eigenvalue weighted by Crippen LogP contribution is 2.38. The number of primary amides is 1. The molecule has 15 heteroatoms. The molecule has 3 aliphatic heterocycles. The van der Waals surface area contributed by atoms with Gasteiger partial charge in [0.2, 0.25) is 0 Å².